The lowest BCUT2D eigenvalue weighted by atomic mass is 10.1. The van der Waals surface area contributed by atoms with Gasteiger partial charge in [0.1, 0.15) is 5.82 Å². The van der Waals surface area contributed by atoms with Crippen molar-refractivity contribution in [3.63, 3.8) is 0 Å². The molecule has 1 aliphatic heterocycles. The van der Waals surface area contributed by atoms with Crippen molar-refractivity contribution in [2.75, 3.05) is 38.7 Å². The van der Waals surface area contributed by atoms with Crippen LogP contribution in [-0.4, -0.2) is 60.5 Å². The highest BCUT2D eigenvalue weighted by Gasteiger charge is 2.21. The number of hydrogen-bond donors (Lipinski definition) is 2. The van der Waals surface area contributed by atoms with Crippen LogP contribution in [0.1, 0.15) is 12.8 Å². The third kappa shape index (κ3) is 5.22. The first-order valence-electron chi connectivity index (χ1n) is 8.51. The van der Waals surface area contributed by atoms with Gasteiger partial charge in [0.15, 0.2) is 5.13 Å². The largest absolute Gasteiger partial charge is 0.389 e. The lowest BCUT2D eigenvalue weighted by Crippen LogP contribution is -2.43. The number of aromatic nitrogens is 1. The van der Waals surface area contributed by atoms with Crippen LogP contribution in [0.3, 0.4) is 0 Å². The van der Waals surface area contributed by atoms with Crippen molar-refractivity contribution in [2.24, 2.45) is 0 Å². The number of hydrogen-bond acceptors (Lipinski definition) is 6. The predicted octanol–water partition coefficient (Wildman–Crippen LogP) is 2.83. The van der Waals surface area contributed by atoms with E-state index in [2.05, 4.69) is 15.2 Å². The van der Waals surface area contributed by atoms with Gasteiger partial charge in [0.2, 0.25) is 0 Å². The molecule has 0 amide bonds. The lowest BCUT2D eigenvalue weighted by Gasteiger charge is -2.33. The zero-order valence-electron chi connectivity index (χ0n) is 14.3. The number of piperidine rings is 1. The number of halogens is 1. The van der Waals surface area contributed by atoms with Crippen LogP contribution < -0.4 is 5.32 Å². The van der Waals surface area contributed by atoms with Gasteiger partial charge in [-0.1, -0.05) is 0 Å². The van der Waals surface area contributed by atoms with E-state index in [4.69, 9.17) is 4.74 Å². The zero-order valence-corrected chi connectivity index (χ0v) is 15.1. The Balaban J connectivity index is 1.49. The Morgan fingerprint density at radius 2 is 2.08 bits per heavy atom. The van der Waals surface area contributed by atoms with E-state index in [1.54, 1.807) is 30.6 Å². The fraction of sp³-hybridized carbons (Fsp3) is 0.500. The van der Waals surface area contributed by atoms with Crippen molar-refractivity contribution in [2.45, 2.75) is 25.0 Å². The minimum atomic E-state index is -0.424. The zero-order chi connectivity index (χ0) is 17.6. The maximum atomic E-state index is 13.0. The second-order valence-corrected chi connectivity index (χ2v) is 7.23. The van der Waals surface area contributed by atoms with E-state index in [1.165, 1.54) is 12.1 Å². The highest BCUT2D eigenvalue weighted by Crippen LogP contribution is 2.26. The Bertz CT molecular complexity index is 657. The minimum Gasteiger partial charge on any atom is -0.389 e. The smallest absolute Gasteiger partial charge is 0.183 e. The number of nitrogens with zero attached hydrogens (tertiary/aromatic N) is 2. The van der Waals surface area contributed by atoms with Crippen molar-refractivity contribution in [1.29, 1.82) is 0 Å². The number of aliphatic hydroxyl groups excluding tert-OH is 1. The monoisotopic (exact) mass is 365 g/mol. The molecule has 0 aliphatic carbocycles. The summed E-state index contributed by atoms with van der Waals surface area (Å²) in [5, 5.41) is 16.2. The summed E-state index contributed by atoms with van der Waals surface area (Å²) in [6.45, 7) is 2.94. The van der Waals surface area contributed by atoms with Gasteiger partial charge in [-0.15, -0.1) is 11.3 Å². The molecule has 1 fully saturated rings. The number of thiazole rings is 1. The molecule has 7 heteroatoms. The molecule has 2 heterocycles. The summed E-state index contributed by atoms with van der Waals surface area (Å²) < 4.78 is 18.0. The van der Waals surface area contributed by atoms with Gasteiger partial charge in [0.05, 0.1) is 18.4 Å². The molecule has 1 aromatic heterocycles. The first kappa shape index (κ1) is 18.3. The van der Waals surface area contributed by atoms with Gasteiger partial charge in [-0.25, -0.2) is 9.37 Å². The SMILES string of the molecule is COCC(O)CN1CCC(Nc2nc(-c3ccc(F)cc3)cs2)CC1. The summed E-state index contributed by atoms with van der Waals surface area (Å²) in [7, 11) is 1.60. The second-order valence-electron chi connectivity index (χ2n) is 6.37. The topological polar surface area (TPSA) is 57.6 Å². The van der Waals surface area contributed by atoms with Crippen LogP contribution in [0.15, 0.2) is 29.6 Å². The molecule has 136 valence electrons. The number of anilines is 1. The number of likely N-dealkylation sites (tertiary alicyclic amines) is 1. The third-order valence-corrected chi connectivity index (χ3v) is 5.16. The number of nitrogens with one attached hydrogen (secondary N) is 1. The van der Waals surface area contributed by atoms with Crippen LogP contribution in [0.5, 0.6) is 0 Å². The van der Waals surface area contributed by atoms with Gasteiger partial charge < -0.3 is 20.1 Å². The van der Waals surface area contributed by atoms with Crippen LogP contribution in [0.4, 0.5) is 9.52 Å². The molecule has 1 atom stereocenters. The Kier molecular flexibility index (Phi) is 6.36. The van der Waals surface area contributed by atoms with Crippen LogP contribution in [0, 0.1) is 5.82 Å². The summed E-state index contributed by atoms with van der Waals surface area (Å²) in [5.74, 6) is -0.236. The van der Waals surface area contributed by atoms with Crippen LogP contribution >= 0.6 is 11.3 Å². The van der Waals surface area contributed by atoms with Crippen molar-refractivity contribution >= 4 is 16.5 Å². The highest BCUT2D eigenvalue weighted by molar-refractivity contribution is 7.14. The molecule has 3 rings (SSSR count). The van der Waals surface area contributed by atoms with Crippen molar-refractivity contribution in [3.05, 3.63) is 35.5 Å². The molecule has 1 unspecified atom stereocenters. The molecule has 1 aromatic carbocycles. The standard InChI is InChI=1S/C18H24FN3O2S/c1-24-11-16(23)10-22-8-6-15(7-9-22)20-18-21-17(12-25-18)13-2-4-14(19)5-3-13/h2-5,12,15-16,23H,6-11H2,1H3,(H,20,21). The van der Waals surface area contributed by atoms with E-state index in [-0.39, 0.29) is 5.82 Å². The number of β-amino-alcohol motifs (C(OH)–C–C–N with tert-alkyl or cyclic N) is 1. The van der Waals surface area contributed by atoms with Gasteiger partial charge in [0.25, 0.3) is 0 Å². The Labute approximate surface area is 151 Å². The maximum Gasteiger partial charge on any atom is 0.183 e. The quantitative estimate of drug-likeness (QED) is 0.790. The summed E-state index contributed by atoms with van der Waals surface area (Å²) in [6, 6.07) is 6.80. The molecule has 1 saturated heterocycles. The fourth-order valence-corrected chi connectivity index (χ4v) is 3.87. The van der Waals surface area contributed by atoms with Crippen LogP contribution in [0.2, 0.25) is 0 Å². The summed E-state index contributed by atoms with van der Waals surface area (Å²) in [6.07, 6.45) is 1.61. The minimum absolute atomic E-state index is 0.236. The molecule has 0 bridgehead atoms. The molecular formula is C18H24FN3O2S. The number of ether oxygens (including phenoxy) is 1. The van der Waals surface area contributed by atoms with Gasteiger partial charge in [-0.05, 0) is 37.1 Å². The van der Waals surface area contributed by atoms with Crippen molar-refractivity contribution in [1.82, 2.24) is 9.88 Å². The average molecular weight is 365 g/mol. The average Bonchev–Trinajstić information content (AvgIpc) is 3.06. The van der Waals surface area contributed by atoms with Crippen LogP contribution in [0.25, 0.3) is 11.3 Å². The normalized spacial score (nSPS) is 17.6. The van der Waals surface area contributed by atoms with Gasteiger partial charge in [-0.3, -0.25) is 0 Å². The Hall–Kier alpha value is -1.54. The molecule has 5 nitrogen and oxygen atoms in total. The Morgan fingerprint density at radius 3 is 2.76 bits per heavy atom. The third-order valence-electron chi connectivity index (χ3n) is 4.39. The number of rotatable bonds is 7. The van der Waals surface area contributed by atoms with E-state index < -0.39 is 6.10 Å². The first-order valence-corrected chi connectivity index (χ1v) is 9.39. The molecule has 25 heavy (non-hydrogen) atoms. The molecule has 1 aliphatic rings. The van der Waals surface area contributed by atoms with Crippen LogP contribution in [-0.2, 0) is 4.74 Å². The van der Waals surface area contributed by atoms with Crippen molar-refractivity contribution in [3.8, 4) is 11.3 Å². The van der Waals surface area contributed by atoms with Gasteiger partial charge in [-0.2, -0.15) is 0 Å². The molecule has 0 spiro atoms. The second kappa shape index (κ2) is 8.71. The van der Waals surface area contributed by atoms with E-state index >= 15 is 0 Å². The maximum absolute atomic E-state index is 13.0. The summed E-state index contributed by atoms with van der Waals surface area (Å²) in [5.41, 5.74) is 1.79. The van der Waals surface area contributed by atoms with Gasteiger partial charge >= 0.3 is 0 Å². The predicted molar refractivity (Wildman–Crippen MR) is 98.5 cm³/mol. The molecule has 0 saturated carbocycles. The van der Waals surface area contributed by atoms with Crippen molar-refractivity contribution < 1.29 is 14.2 Å². The van der Waals surface area contributed by atoms with Gasteiger partial charge in [0, 0.05) is 43.7 Å². The molecular weight excluding hydrogens is 341 g/mol. The first-order chi connectivity index (χ1) is 12.1. The molecule has 2 N–H and O–H groups in total. The number of methoxy groups -OCH3 is 1. The summed E-state index contributed by atoms with van der Waals surface area (Å²) in [4.78, 5) is 6.88. The fourth-order valence-electron chi connectivity index (χ4n) is 3.07. The highest BCUT2D eigenvalue weighted by atomic mass is 32.1. The van der Waals surface area contributed by atoms with E-state index in [0.29, 0.717) is 19.2 Å². The molecule has 2 aromatic rings. The number of aliphatic hydroxyl groups is 1. The van der Waals surface area contributed by atoms with E-state index in [1.807, 2.05) is 5.38 Å². The Morgan fingerprint density at radius 1 is 1.36 bits per heavy atom. The lowest BCUT2D eigenvalue weighted by molar-refractivity contribution is 0.0327. The summed E-state index contributed by atoms with van der Waals surface area (Å²) >= 11 is 1.57. The van der Waals surface area contributed by atoms with E-state index in [9.17, 15) is 9.50 Å². The number of benzene rings is 1. The van der Waals surface area contributed by atoms with E-state index in [0.717, 1.165) is 42.3 Å². The molecule has 0 radical (unpaired) electrons.